The van der Waals surface area contributed by atoms with Gasteiger partial charge in [0.2, 0.25) is 5.88 Å². The van der Waals surface area contributed by atoms with Crippen LogP contribution in [0.1, 0.15) is 19.3 Å². The highest BCUT2D eigenvalue weighted by atomic mass is 16.3. The Labute approximate surface area is 284 Å². The summed E-state index contributed by atoms with van der Waals surface area (Å²) in [7, 11) is 12.0. The Morgan fingerprint density at radius 3 is 1.76 bits per heavy atom. The third-order valence-corrected chi connectivity index (χ3v) is 9.93. The first-order chi connectivity index (χ1) is 23.5. The Morgan fingerprint density at radius 1 is 0.571 bits per heavy atom. The largest absolute Gasteiger partial charge is 0.494 e. The molecule has 254 valence electrons. The first kappa shape index (κ1) is 32.9. The Kier molecular flexibility index (Phi) is 8.50. The number of nitrogens with zero attached hydrogens (tertiary/aromatic N) is 6. The van der Waals surface area contributed by atoms with Crippen molar-refractivity contribution in [1.82, 2.24) is 23.8 Å². The van der Waals surface area contributed by atoms with Crippen LogP contribution < -0.4 is 22.0 Å². The summed E-state index contributed by atoms with van der Waals surface area (Å²) in [6.07, 6.45) is 2.24. The number of benzene rings is 5. The molecule has 0 atom stereocenters. The molecule has 0 unspecified atom stereocenters. The van der Waals surface area contributed by atoms with Crippen LogP contribution in [0.5, 0.6) is 5.88 Å². The molecular weight excluding hydrogens is 616 g/mol. The molecule has 1 N–H and O–H groups in total. The van der Waals surface area contributed by atoms with Crippen LogP contribution in [-0.4, -0.2) is 97.4 Å². The molecule has 7 rings (SSSR count). The number of aromatic nitrogens is 2. The van der Waals surface area contributed by atoms with Crippen LogP contribution in [0.25, 0.3) is 65.0 Å². The predicted molar refractivity (Wildman–Crippen MR) is 201 cm³/mol. The van der Waals surface area contributed by atoms with Crippen LogP contribution in [0.15, 0.2) is 61.8 Å². The lowest BCUT2D eigenvalue weighted by molar-refractivity contribution is 0.365. The van der Waals surface area contributed by atoms with Gasteiger partial charge in [-0.15, -0.1) is 0 Å². The molecule has 0 fully saturated rings. The van der Waals surface area contributed by atoms with E-state index >= 15 is 0 Å². The van der Waals surface area contributed by atoms with E-state index in [9.17, 15) is 19.5 Å². The third kappa shape index (κ3) is 5.39. The van der Waals surface area contributed by atoms with Gasteiger partial charge >= 0.3 is 0 Å². The molecule has 0 bridgehead atoms. The molecule has 0 amide bonds. The van der Waals surface area contributed by atoms with Gasteiger partial charge in [-0.2, -0.15) is 0 Å². The summed E-state index contributed by atoms with van der Waals surface area (Å²) in [6.45, 7) is 3.73. The minimum Gasteiger partial charge on any atom is -0.494 e. The van der Waals surface area contributed by atoms with Crippen LogP contribution in [-0.2, 0) is 13.1 Å². The Bertz CT molecular complexity index is 2550. The second-order valence-electron chi connectivity index (χ2n) is 14.2. The standard InChI is InChI=1S/C39H44N6O4/c1-41(2)17-7-16-40-30-22-29-33-28(38(48)45(39(29)49)21-9-19-43(5)6)14-11-24-23-10-13-26-32-27(15-12-25(31(23)32)34(30)35(24)33)37(47)44(36(26)46)20-8-18-42(3)4/h10-15,22,46H,7-9,16-21H2,1-6H3. The summed E-state index contributed by atoms with van der Waals surface area (Å²) < 4.78 is 2.87. The van der Waals surface area contributed by atoms with E-state index in [0.29, 0.717) is 58.7 Å². The molecule has 0 radical (unpaired) electrons. The Hall–Kier alpha value is -4.64. The lowest BCUT2D eigenvalue weighted by Gasteiger charge is -2.22. The normalized spacial score (nSPS) is 13.2. The highest BCUT2D eigenvalue weighted by Crippen LogP contribution is 2.45. The number of aromatic hydroxyl groups is 1. The second kappa shape index (κ2) is 12.7. The quantitative estimate of drug-likeness (QED) is 0.120. The van der Waals surface area contributed by atoms with Gasteiger partial charge in [-0.1, -0.05) is 18.2 Å². The third-order valence-electron chi connectivity index (χ3n) is 9.93. The number of rotatable bonds is 12. The van der Waals surface area contributed by atoms with Crippen molar-refractivity contribution < 1.29 is 5.11 Å². The molecule has 10 nitrogen and oxygen atoms in total. The van der Waals surface area contributed by atoms with E-state index in [0.717, 1.165) is 70.2 Å². The fraction of sp³-hybridized carbons (Fsp3) is 0.385. The fourth-order valence-electron chi connectivity index (χ4n) is 7.67. The highest BCUT2D eigenvalue weighted by molar-refractivity contribution is 6.37. The van der Waals surface area contributed by atoms with Crippen molar-refractivity contribution >= 4 is 53.9 Å². The van der Waals surface area contributed by atoms with E-state index in [1.54, 1.807) is 0 Å². The molecule has 10 heteroatoms. The van der Waals surface area contributed by atoms with Gasteiger partial charge in [0, 0.05) is 57.5 Å². The van der Waals surface area contributed by atoms with Crippen LogP contribution in [0.3, 0.4) is 0 Å². The predicted octanol–water partition coefficient (Wildman–Crippen LogP) is 4.02. The monoisotopic (exact) mass is 660 g/mol. The van der Waals surface area contributed by atoms with Gasteiger partial charge in [-0.05, 0) is 127 Å². The maximum Gasteiger partial charge on any atom is 0.261 e. The summed E-state index contributed by atoms with van der Waals surface area (Å²) in [5.74, 6) is -0.0323. The SMILES string of the molecule is CN(C)CCCN=c1cc2c(=O)n(CCCN(C)C)c(=O)c3ccc4c5ccc6c(O)n(CCCN(C)C)c(=O)c7ccc(c1c4c3-2)c5c67. The fourth-order valence-corrected chi connectivity index (χ4v) is 7.67. The summed E-state index contributed by atoms with van der Waals surface area (Å²) in [6, 6.07) is 13.4. The Morgan fingerprint density at radius 2 is 1.08 bits per heavy atom. The smallest absolute Gasteiger partial charge is 0.261 e. The van der Waals surface area contributed by atoms with Crippen molar-refractivity contribution in [2.45, 2.75) is 32.4 Å². The van der Waals surface area contributed by atoms with Crippen molar-refractivity contribution in [3.05, 3.63) is 78.9 Å². The van der Waals surface area contributed by atoms with Gasteiger partial charge in [0.15, 0.2) is 0 Å². The molecule has 1 aromatic heterocycles. The highest BCUT2D eigenvalue weighted by Gasteiger charge is 2.27. The molecule has 0 saturated heterocycles. The van der Waals surface area contributed by atoms with Gasteiger partial charge < -0.3 is 19.8 Å². The minimum absolute atomic E-state index is 0.0323. The lowest BCUT2D eigenvalue weighted by atomic mass is 9.83. The maximum absolute atomic E-state index is 14.1. The van der Waals surface area contributed by atoms with Crippen LogP contribution in [0.2, 0.25) is 0 Å². The average Bonchev–Trinajstić information content (AvgIpc) is 3.06. The van der Waals surface area contributed by atoms with Crippen molar-refractivity contribution in [3.8, 4) is 17.0 Å². The first-order valence-electron chi connectivity index (χ1n) is 17.1. The first-order valence-corrected chi connectivity index (χ1v) is 17.1. The molecule has 2 heterocycles. The van der Waals surface area contributed by atoms with E-state index < -0.39 is 0 Å². The molecule has 2 aliphatic rings. The summed E-state index contributed by atoms with van der Waals surface area (Å²) in [5.41, 5.74) is 0.369. The number of fused-ring (bicyclic) bond motifs is 2. The van der Waals surface area contributed by atoms with Crippen molar-refractivity contribution in [3.63, 3.8) is 0 Å². The molecule has 1 aliphatic carbocycles. The minimum atomic E-state index is -0.291. The van der Waals surface area contributed by atoms with Crippen LogP contribution in [0, 0.1) is 0 Å². The average molecular weight is 661 g/mol. The zero-order chi connectivity index (χ0) is 34.7. The topological polar surface area (TPSA) is 103 Å². The molecule has 5 aromatic rings. The lowest BCUT2D eigenvalue weighted by Crippen LogP contribution is -2.36. The second-order valence-corrected chi connectivity index (χ2v) is 14.2. The molecule has 0 spiro atoms. The van der Waals surface area contributed by atoms with Crippen molar-refractivity contribution in [1.29, 1.82) is 0 Å². The van der Waals surface area contributed by atoms with Crippen molar-refractivity contribution in [2.75, 3.05) is 68.5 Å². The molecule has 1 aliphatic heterocycles. The number of pyridine rings is 2. The van der Waals surface area contributed by atoms with E-state index in [-0.39, 0.29) is 22.6 Å². The number of hydrogen-bond donors (Lipinski definition) is 1. The van der Waals surface area contributed by atoms with E-state index in [2.05, 4.69) is 9.80 Å². The van der Waals surface area contributed by atoms with Crippen LogP contribution >= 0.6 is 0 Å². The number of hydrogen-bond acceptors (Lipinski definition) is 8. The molecule has 49 heavy (non-hydrogen) atoms. The van der Waals surface area contributed by atoms with Gasteiger partial charge in [-0.3, -0.25) is 28.5 Å². The maximum atomic E-state index is 14.1. The summed E-state index contributed by atoms with van der Waals surface area (Å²) in [4.78, 5) is 53.4. The summed E-state index contributed by atoms with van der Waals surface area (Å²) in [5, 5.41) is 19.9. The summed E-state index contributed by atoms with van der Waals surface area (Å²) >= 11 is 0. The van der Waals surface area contributed by atoms with E-state index in [1.807, 2.05) is 89.7 Å². The molecule has 0 saturated carbocycles. The van der Waals surface area contributed by atoms with E-state index in [1.165, 1.54) is 9.13 Å². The van der Waals surface area contributed by atoms with Gasteiger partial charge in [-0.25, -0.2) is 0 Å². The Balaban J connectivity index is 1.58. The van der Waals surface area contributed by atoms with Crippen LogP contribution in [0.4, 0.5) is 0 Å². The molecular formula is C39H44N6O4. The molecule has 4 aromatic carbocycles. The van der Waals surface area contributed by atoms with Gasteiger partial charge in [0.1, 0.15) is 0 Å². The van der Waals surface area contributed by atoms with E-state index in [4.69, 9.17) is 4.99 Å². The zero-order valence-corrected chi connectivity index (χ0v) is 29.3. The zero-order valence-electron chi connectivity index (χ0n) is 29.3. The van der Waals surface area contributed by atoms with Gasteiger partial charge in [0.25, 0.3) is 16.7 Å². The van der Waals surface area contributed by atoms with Gasteiger partial charge in [0.05, 0.1) is 10.9 Å². The van der Waals surface area contributed by atoms with Crippen molar-refractivity contribution in [2.24, 2.45) is 4.99 Å².